The predicted octanol–water partition coefficient (Wildman–Crippen LogP) is 5.73. The van der Waals surface area contributed by atoms with Crippen LogP contribution in [0.5, 0.6) is 0 Å². The molecule has 1 unspecified atom stereocenters. The Kier molecular flexibility index (Phi) is 20.5. The van der Waals surface area contributed by atoms with Crippen molar-refractivity contribution in [1.82, 2.24) is 10.6 Å². The number of carboxylic acids is 1. The van der Waals surface area contributed by atoms with E-state index < -0.39 is 12.0 Å². The van der Waals surface area contributed by atoms with Crippen molar-refractivity contribution < 1.29 is 19.5 Å². The van der Waals surface area contributed by atoms with Gasteiger partial charge in [-0.3, -0.25) is 9.59 Å². The Morgan fingerprint density at radius 2 is 1.10 bits per heavy atom. The Balaban J connectivity index is 3.77. The quantitative estimate of drug-likeness (QED) is 0.187. The monoisotopic (exact) mass is 440 g/mol. The molecular weight excluding hydrogens is 392 g/mol. The third-order valence-corrected chi connectivity index (χ3v) is 5.64. The zero-order valence-corrected chi connectivity index (χ0v) is 20.2. The summed E-state index contributed by atoms with van der Waals surface area (Å²) in [5.41, 5.74) is 0. The summed E-state index contributed by atoms with van der Waals surface area (Å²) in [6.45, 7) is 4.84. The van der Waals surface area contributed by atoms with Crippen molar-refractivity contribution in [2.45, 2.75) is 135 Å². The van der Waals surface area contributed by atoms with Gasteiger partial charge in [-0.05, 0) is 25.7 Å². The zero-order valence-electron chi connectivity index (χ0n) is 20.2. The Hall–Kier alpha value is -1.59. The topological polar surface area (TPSA) is 95.5 Å². The van der Waals surface area contributed by atoms with Gasteiger partial charge in [-0.15, -0.1) is 0 Å². The van der Waals surface area contributed by atoms with E-state index in [2.05, 4.69) is 24.5 Å². The molecule has 182 valence electrons. The SMILES string of the molecule is CCCCCCCCCC(=O)NCCCC(NC(=O)CCCCCCCCC)C(=O)O. The Bertz CT molecular complexity index is 468. The van der Waals surface area contributed by atoms with Crippen molar-refractivity contribution in [3.8, 4) is 0 Å². The summed E-state index contributed by atoms with van der Waals surface area (Å²) in [5, 5.41) is 14.8. The number of carbonyl (C=O) groups is 3. The second-order valence-electron chi connectivity index (χ2n) is 8.69. The van der Waals surface area contributed by atoms with Crippen molar-refractivity contribution in [2.75, 3.05) is 6.54 Å². The van der Waals surface area contributed by atoms with Crippen LogP contribution >= 0.6 is 0 Å². The lowest BCUT2D eigenvalue weighted by atomic mass is 10.1. The fourth-order valence-corrected chi connectivity index (χ4v) is 3.63. The lowest BCUT2D eigenvalue weighted by Gasteiger charge is -2.15. The molecule has 0 heterocycles. The third kappa shape index (κ3) is 20.1. The molecule has 0 aromatic rings. The number of unbranched alkanes of at least 4 members (excludes halogenated alkanes) is 12. The maximum Gasteiger partial charge on any atom is 0.326 e. The van der Waals surface area contributed by atoms with Gasteiger partial charge in [0, 0.05) is 19.4 Å². The van der Waals surface area contributed by atoms with Gasteiger partial charge < -0.3 is 15.7 Å². The van der Waals surface area contributed by atoms with Crippen LogP contribution in [0.1, 0.15) is 129 Å². The molecule has 0 spiro atoms. The lowest BCUT2D eigenvalue weighted by molar-refractivity contribution is -0.142. The standard InChI is InChI=1S/C25H48N2O4/c1-3-5-7-9-11-13-15-19-23(28)26-21-17-18-22(25(30)31)27-24(29)20-16-14-12-10-8-6-4-2/h22H,3-21H2,1-2H3,(H,26,28)(H,27,29)(H,30,31). The lowest BCUT2D eigenvalue weighted by Crippen LogP contribution is -2.41. The molecule has 0 aromatic heterocycles. The largest absolute Gasteiger partial charge is 0.480 e. The fourth-order valence-electron chi connectivity index (χ4n) is 3.63. The van der Waals surface area contributed by atoms with Crippen molar-refractivity contribution in [3.63, 3.8) is 0 Å². The Labute approximate surface area is 190 Å². The van der Waals surface area contributed by atoms with E-state index in [1.165, 1.54) is 57.8 Å². The molecule has 31 heavy (non-hydrogen) atoms. The van der Waals surface area contributed by atoms with Gasteiger partial charge in [0.2, 0.25) is 11.8 Å². The number of hydrogen-bond donors (Lipinski definition) is 3. The summed E-state index contributed by atoms with van der Waals surface area (Å²) in [6.07, 6.45) is 17.9. The first-order valence-corrected chi connectivity index (χ1v) is 12.8. The van der Waals surface area contributed by atoms with Crippen LogP contribution in [0.25, 0.3) is 0 Å². The number of amides is 2. The van der Waals surface area contributed by atoms with Crippen molar-refractivity contribution in [3.05, 3.63) is 0 Å². The molecule has 0 saturated carbocycles. The molecule has 6 heteroatoms. The Morgan fingerprint density at radius 1 is 0.645 bits per heavy atom. The van der Waals surface area contributed by atoms with E-state index in [1.54, 1.807) is 0 Å². The molecule has 0 aromatic carbocycles. The van der Waals surface area contributed by atoms with E-state index in [0.717, 1.165) is 32.1 Å². The highest BCUT2D eigenvalue weighted by atomic mass is 16.4. The maximum atomic E-state index is 12.0. The van der Waals surface area contributed by atoms with Crippen LogP contribution < -0.4 is 10.6 Å². The van der Waals surface area contributed by atoms with Crippen LogP contribution in [0, 0.1) is 0 Å². The molecule has 0 saturated heterocycles. The van der Waals surface area contributed by atoms with Gasteiger partial charge in [-0.1, -0.05) is 90.9 Å². The van der Waals surface area contributed by atoms with Crippen molar-refractivity contribution >= 4 is 17.8 Å². The summed E-state index contributed by atoms with van der Waals surface area (Å²) < 4.78 is 0. The first-order valence-electron chi connectivity index (χ1n) is 12.8. The summed E-state index contributed by atoms with van der Waals surface area (Å²) in [5.74, 6) is -1.17. The zero-order chi connectivity index (χ0) is 23.2. The van der Waals surface area contributed by atoms with Gasteiger partial charge in [-0.2, -0.15) is 0 Å². The van der Waals surface area contributed by atoms with Crippen LogP contribution in [-0.4, -0.2) is 35.5 Å². The van der Waals surface area contributed by atoms with E-state index in [-0.39, 0.29) is 11.8 Å². The van der Waals surface area contributed by atoms with E-state index in [4.69, 9.17) is 0 Å². The molecule has 1 atom stereocenters. The highest BCUT2D eigenvalue weighted by molar-refractivity contribution is 5.83. The maximum absolute atomic E-state index is 12.0. The van der Waals surface area contributed by atoms with Gasteiger partial charge in [0.25, 0.3) is 0 Å². The van der Waals surface area contributed by atoms with E-state index in [1.807, 2.05) is 0 Å². The normalized spacial score (nSPS) is 11.8. The molecule has 6 nitrogen and oxygen atoms in total. The van der Waals surface area contributed by atoms with Gasteiger partial charge in [0.15, 0.2) is 0 Å². The summed E-state index contributed by atoms with van der Waals surface area (Å²) >= 11 is 0. The molecule has 0 bridgehead atoms. The highest BCUT2D eigenvalue weighted by Gasteiger charge is 2.19. The van der Waals surface area contributed by atoms with Crippen LogP contribution in [0.2, 0.25) is 0 Å². The average molecular weight is 441 g/mol. The first kappa shape index (κ1) is 29.4. The number of carboxylic acid groups (broad SMARTS) is 1. The van der Waals surface area contributed by atoms with Crippen molar-refractivity contribution in [2.24, 2.45) is 0 Å². The van der Waals surface area contributed by atoms with Crippen LogP contribution in [0.15, 0.2) is 0 Å². The minimum absolute atomic E-state index is 0.0309. The second kappa shape index (κ2) is 21.6. The first-order chi connectivity index (χ1) is 15.0. The minimum Gasteiger partial charge on any atom is -0.480 e. The molecule has 0 fully saturated rings. The number of rotatable bonds is 22. The van der Waals surface area contributed by atoms with Gasteiger partial charge in [-0.25, -0.2) is 4.79 Å². The van der Waals surface area contributed by atoms with E-state index >= 15 is 0 Å². The molecule has 3 N–H and O–H groups in total. The number of nitrogens with one attached hydrogen (secondary N) is 2. The Morgan fingerprint density at radius 3 is 1.58 bits per heavy atom. The minimum atomic E-state index is -1.01. The molecule has 0 aliphatic heterocycles. The molecule has 2 amide bonds. The predicted molar refractivity (Wildman–Crippen MR) is 127 cm³/mol. The van der Waals surface area contributed by atoms with E-state index in [0.29, 0.717) is 32.2 Å². The van der Waals surface area contributed by atoms with Gasteiger partial charge in [0.1, 0.15) is 6.04 Å². The molecule has 0 aliphatic carbocycles. The third-order valence-electron chi connectivity index (χ3n) is 5.64. The molecule has 0 radical (unpaired) electrons. The molecule has 0 aliphatic rings. The van der Waals surface area contributed by atoms with Crippen LogP contribution in [0.4, 0.5) is 0 Å². The van der Waals surface area contributed by atoms with Crippen molar-refractivity contribution in [1.29, 1.82) is 0 Å². The van der Waals surface area contributed by atoms with Crippen LogP contribution in [0.3, 0.4) is 0 Å². The summed E-state index contributed by atoms with van der Waals surface area (Å²) in [4.78, 5) is 35.3. The highest BCUT2D eigenvalue weighted by Crippen LogP contribution is 2.09. The molecule has 0 rings (SSSR count). The van der Waals surface area contributed by atoms with E-state index in [9.17, 15) is 19.5 Å². The second-order valence-corrected chi connectivity index (χ2v) is 8.69. The fraction of sp³-hybridized carbons (Fsp3) is 0.880. The summed E-state index contributed by atoms with van der Waals surface area (Å²) in [7, 11) is 0. The number of aliphatic carboxylic acids is 1. The van der Waals surface area contributed by atoms with Gasteiger partial charge >= 0.3 is 5.97 Å². The smallest absolute Gasteiger partial charge is 0.326 e. The summed E-state index contributed by atoms with van der Waals surface area (Å²) in [6, 6.07) is -0.878. The van der Waals surface area contributed by atoms with Crippen LogP contribution in [-0.2, 0) is 14.4 Å². The average Bonchev–Trinajstić information content (AvgIpc) is 2.74. The number of carbonyl (C=O) groups excluding carboxylic acids is 2. The number of hydrogen-bond acceptors (Lipinski definition) is 3. The molecular formula is C25H48N2O4. The van der Waals surface area contributed by atoms with Gasteiger partial charge in [0.05, 0.1) is 0 Å².